The topological polar surface area (TPSA) is 129 Å². The first-order chi connectivity index (χ1) is 19.4. The van der Waals surface area contributed by atoms with Crippen LogP contribution in [0.15, 0.2) is 59.8 Å². The summed E-state index contributed by atoms with van der Waals surface area (Å²) in [5.41, 5.74) is 1.61. The lowest BCUT2D eigenvalue weighted by molar-refractivity contribution is -0.136. The number of pyridine rings is 1. The van der Waals surface area contributed by atoms with Crippen LogP contribution in [0.5, 0.6) is 5.75 Å². The molecule has 0 spiro atoms. The summed E-state index contributed by atoms with van der Waals surface area (Å²) in [5.74, 6) is -1.74. The zero-order valence-electron chi connectivity index (χ0n) is 23.5. The minimum atomic E-state index is -0.479. The largest absolute Gasteiger partial charge is 0.507 e. The molecule has 3 N–H and O–H groups in total. The van der Waals surface area contributed by atoms with E-state index in [0.29, 0.717) is 11.6 Å². The Balaban J connectivity index is 1.48. The van der Waals surface area contributed by atoms with Gasteiger partial charge in [0.2, 0.25) is 11.8 Å². The minimum Gasteiger partial charge on any atom is -0.507 e. The Morgan fingerprint density at radius 1 is 1.07 bits per heavy atom. The highest BCUT2D eigenvalue weighted by Crippen LogP contribution is 2.33. The molecule has 4 rings (SSSR count). The van der Waals surface area contributed by atoms with Crippen molar-refractivity contribution >= 4 is 51.6 Å². The Morgan fingerprint density at radius 2 is 1.83 bits per heavy atom. The van der Waals surface area contributed by atoms with E-state index in [-0.39, 0.29) is 71.6 Å². The van der Waals surface area contributed by atoms with Gasteiger partial charge in [-0.05, 0) is 64.4 Å². The number of nitrogens with one attached hydrogen (secondary N) is 2. The lowest BCUT2D eigenvalue weighted by Gasteiger charge is -2.27. The summed E-state index contributed by atoms with van der Waals surface area (Å²) < 4.78 is 0. The average Bonchev–Trinajstić information content (AvgIpc) is 2.89. The molecule has 214 valence electrons. The van der Waals surface area contributed by atoms with E-state index < -0.39 is 11.3 Å². The quantitative estimate of drug-likeness (QED) is 0.329. The van der Waals surface area contributed by atoms with E-state index in [0.717, 1.165) is 16.6 Å². The first-order valence-electron chi connectivity index (χ1n) is 13.3. The number of amides is 2. The second-order valence-corrected chi connectivity index (χ2v) is 11.5. The summed E-state index contributed by atoms with van der Waals surface area (Å²) in [6, 6.07) is 11.6. The van der Waals surface area contributed by atoms with Gasteiger partial charge in [-0.2, -0.15) is 0 Å². The van der Waals surface area contributed by atoms with Crippen molar-refractivity contribution in [1.29, 1.82) is 0 Å². The van der Waals surface area contributed by atoms with Gasteiger partial charge in [-0.15, -0.1) is 0 Å². The van der Waals surface area contributed by atoms with Crippen LogP contribution in [0, 0.1) is 0 Å². The summed E-state index contributed by atoms with van der Waals surface area (Å²) >= 11 is 6.09. The molecule has 0 saturated heterocycles. The van der Waals surface area contributed by atoms with Crippen LogP contribution < -0.4 is 10.6 Å². The van der Waals surface area contributed by atoms with Crippen LogP contribution in [0.1, 0.15) is 61.3 Å². The molecule has 0 bridgehead atoms. The van der Waals surface area contributed by atoms with E-state index >= 15 is 0 Å². The van der Waals surface area contributed by atoms with E-state index in [9.17, 15) is 24.3 Å². The number of Topliss-reactive ketones (excluding diaryl/α,β-unsaturated/α-hetero) is 2. The van der Waals surface area contributed by atoms with Crippen molar-refractivity contribution in [3.8, 4) is 5.75 Å². The first-order valence-corrected chi connectivity index (χ1v) is 13.7. The highest BCUT2D eigenvalue weighted by Gasteiger charge is 2.32. The zero-order chi connectivity index (χ0) is 29.9. The van der Waals surface area contributed by atoms with Gasteiger partial charge in [-0.25, -0.2) is 0 Å². The molecule has 10 heteroatoms. The standard InChI is InChI=1S/C31H33ClN4O5/c1-18-20(30(41)28-22(29(18)40)6-5-7-25(28)37)10-11-27(39)36(17-26(38)35-31(2,3)4)15-14-34-23-12-13-33-24-16-19(32)8-9-21(23)24/h5-9,12-13,16,37H,10-11,14-15,17H2,1-4H3,(H,33,34)(H,35,38). The van der Waals surface area contributed by atoms with Gasteiger partial charge in [0.05, 0.1) is 17.6 Å². The van der Waals surface area contributed by atoms with Crippen LogP contribution in [0.4, 0.5) is 5.69 Å². The molecule has 2 aromatic carbocycles. The molecule has 0 aliphatic heterocycles. The number of ketones is 2. The maximum absolute atomic E-state index is 13.4. The number of anilines is 1. The van der Waals surface area contributed by atoms with Crippen molar-refractivity contribution < 1.29 is 24.3 Å². The predicted molar refractivity (Wildman–Crippen MR) is 158 cm³/mol. The number of benzene rings is 2. The van der Waals surface area contributed by atoms with Gasteiger partial charge in [0.1, 0.15) is 5.75 Å². The molecule has 1 aromatic heterocycles. The fraction of sp³-hybridized carbons (Fsp3) is 0.323. The van der Waals surface area contributed by atoms with Crippen molar-refractivity contribution in [1.82, 2.24) is 15.2 Å². The van der Waals surface area contributed by atoms with E-state index in [2.05, 4.69) is 15.6 Å². The van der Waals surface area contributed by atoms with E-state index in [1.165, 1.54) is 23.1 Å². The maximum atomic E-state index is 13.4. The Kier molecular flexibility index (Phi) is 8.77. The third-order valence-electron chi connectivity index (χ3n) is 6.77. The molecule has 1 aliphatic rings. The predicted octanol–water partition coefficient (Wildman–Crippen LogP) is 4.92. The summed E-state index contributed by atoms with van der Waals surface area (Å²) in [5, 5.41) is 17.9. The number of aromatic hydroxyl groups is 1. The summed E-state index contributed by atoms with van der Waals surface area (Å²) in [6.07, 6.45) is 1.58. The van der Waals surface area contributed by atoms with Gasteiger partial charge < -0.3 is 20.6 Å². The Bertz CT molecular complexity index is 1570. The second kappa shape index (κ2) is 12.1. The average molecular weight is 577 g/mol. The molecule has 1 aliphatic carbocycles. The fourth-order valence-electron chi connectivity index (χ4n) is 4.84. The molecule has 41 heavy (non-hydrogen) atoms. The molecule has 0 unspecified atom stereocenters. The molecule has 9 nitrogen and oxygen atoms in total. The van der Waals surface area contributed by atoms with Crippen LogP contribution in [-0.2, 0) is 9.59 Å². The fourth-order valence-corrected chi connectivity index (χ4v) is 5.01. The van der Waals surface area contributed by atoms with Crippen molar-refractivity contribution in [2.24, 2.45) is 0 Å². The number of halogens is 1. The lowest BCUT2D eigenvalue weighted by Crippen LogP contribution is -2.48. The van der Waals surface area contributed by atoms with Crippen molar-refractivity contribution in [2.75, 3.05) is 25.0 Å². The number of phenolic OH excluding ortho intramolecular Hbond substituents is 1. The number of nitrogens with zero attached hydrogens (tertiary/aromatic N) is 2. The maximum Gasteiger partial charge on any atom is 0.240 e. The number of carbonyl (C=O) groups excluding carboxylic acids is 4. The van der Waals surface area contributed by atoms with Crippen LogP contribution in [0.25, 0.3) is 10.9 Å². The van der Waals surface area contributed by atoms with Gasteiger partial charge in [-0.1, -0.05) is 23.7 Å². The van der Waals surface area contributed by atoms with Gasteiger partial charge in [-0.3, -0.25) is 24.2 Å². The van der Waals surface area contributed by atoms with Crippen LogP contribution >= 0.6 is 11.6 Å². The molecule has 0 fully saturated rings. The Labute approximate surface area is 243 Å². The van der Waals surface area contributed by atoms with Crippen LogP contribution in [-0.4, -0.2) is 63.5 Å². The number of hydrogen-bond acceptors (Lipinski definition) is 7. The third kappa shape index (κ3) is 6.92. The smallest absolute Gasteiger partial charge is 0.240 e. The number of fused-ring (bicyclic) bond motifs is 2. The number of phenols is 1. The van der Waals surface area contributed by atoms with Gasteiger partial charge in [0.25, 0.3) is 0 Å². The monoisotopic (exact) mass is 576 g/mol. The molecular formula is C31H33ClN4O5. The second-order valence-electron chi connectivity index (χ2n) is 11.0. The molecule has 3 aromatic rings. The molecular weight excluding hydrogens is 544 g/mol. The number of rotatable bonds is 9. The lowest BCUT2D eigenvalue weighted by atomic mass is 9.82. The molecule has 0 atom stereocenters. The molecule has 0 radical (unpaired) electrons. The molecule has 1 heterocycles. The summed E-state index contributed by atoms with van der Waals surface area (Å²) in [7, 11) is 0. The highest BCUT2D eigenvalue weighted by atomic mass is 35.5. The van der Waals surface area contributed by atoms with Gasteiger partial charge >= 0.3 is 0 Å². The number of hydrogen-bond donors (Lipinski definition) is 3. The number of aromatic nitrogens is 1. The van der Waals surface area contributed by atoms with Crippen molar-refractivity contribution in [2.45, 2.75) is 46.1 Å². The van der Waals surface area contributed by atoms with E-state index in [1.54, 1.807) is 25.3 Å². The van der Waals surface area contributed by atoms with E-state index in [4.69, 9.17) is 11.6 Å². The molecule has 0 saturated carbocycles. The first kappa shape index (κ1) is 29.7. The van der Waals surface area contributed by atoms with E-state index in [1.807, 2.05) is 32.9 Å². The zero-order valence-corrected chi connectivity index (χ0v) is 24.3. The third-order valence-corrected chi connectivity index (χ3v) is 7.01. The Hall–Kier alpha value is -4.24. The van der Waals surface area contributed by atoms with Crippen LogP contribution in [0.2, 0.25) is 5.02 Å². The Morgan fingerprint density at radius 3 is 2.56 bits per heavy atom. The summed E-state index contributed by atoms with van der Waals surface area (Å²) in [4.78, 5) is 58.0. The van der Waals surface area contributed by atoms with Crippen LogP contribution in [0.3, 0.4) is 0 Å². The summed E-state index contributed by atoms with van der Waals surface area (Å²) in [6.45, 7) is 7.50. The van der Waals surface area contributed by atoms with Gasteiger partial charge in [0.15, 0.2) is 11.6 Å². The SMILES string of the molecule is CC1=C(CCC(=O)N(CCNc2ccnc3cc(Cl)ccc23)CC(=O)NC(C)(C)C)C(=O)c2c(O)cccc2C1=O. The van der Waals surface area contributed by atoms with Crippen molar-refractivity contribution in [3.63, 3.8) is 0 Å². The molecule has 2 amide bonds. The normalized spacial score (nSPS) is 13.3. The highest BCUT2D eigenvalue weighted by molar-refractivity contribution is 6.31. The van der Waals surface area contributed by atoms with Gasteiger partial charge in [0, 0.05) is 64.1 Å². The minimum absolute atomic E-state index is 0.00356. The van der Waals surface area contributed by atoms with Crippen molar-refractivity contribution in [3.05, 3.63) is 76.0 Å². The number of carbonyl (C=O) groups is 4. The number of allylic oxidation sites excluding steroid dienone is 2.